The highest BCUT2D eigenvalue weighted by molar-refractivity contribution is 6.31. The van der Waals surface area contributed by atoms with Crippen LogP contribution < -0.4 is 10.6 Å². The second kappa shape index (κ2) is 11.8. The Balaban J connectivity index is 0.000000218. The van der Waals surface area contributed by atoms with Crippen molar-refractivity contribution in [3.63, 3.8) is 0 Å². The number of carbonyl (C=O) groups excluding carboxylic acids is 3. The number of aromatic nitrogens is 2. The number of ketones is 1. The number of likely N-dealkylation sites (N-methyl/N-ethyl adjacent to an activating group) is 2. The molecule has 9 nitrogen and oxygen atoms in total. The Hall–Kier alpha value is -4.03. The molecule has 0 atom stereocenters. The van der Waals surface area contributed by atoms with E-state index in [1.807, 2.05) is 0 Å². The maximum Gasteiger partial charge on any atom is 0.454 e. The maximum atomic E-state index is 12.6. The number of hydrogen-bond donors (Lipinski definition) is 3. The van der Waals surface area contributed by atoms with Gasteiger partial charge < -0.3 is 24.9 Å². The van der Waals surface area contributed by atoms with Gasteiger partial charge in [0.25, 0.3) is 5.78 Å². The van der Waals surface area contributed by atoms with Crippen LogP contribution in [0.1, 0.15) is 20.7 Å². The first-order valence-corrected chi connectivity index (χ1v) is 11.8. The number of benzene rings is 2. The van der Waals surface area contributed by atoms with Gasteiger partial charge in [-0.1, -0.05) is 35.3 Å². The molecule has 0 unspecified atom stereocenters. The van der Waals surface area contributed by atoms with Crippen LogP contribution in [0.2, 0.25) is 10.0 Å². The second-order valence-corrected chi connectivity index (χ2v) is 9.02. The molecule has 0 radical (unpaired) electrons. The molecular formula is C25H21Cl2F3N4O5. The fourth-order valence-corrected chi connectivity index (χ4v) is 4.10. The Kier molecular flexibility index (Phi) is 8.92. The number of halogens is 5. The lowest BCUT2D eigenvalue weighted by molar-refractivity contribution is -0.121. The number of Topliss-reactive ketones (excluding diaryl/α,β-unsaturated/α-hetero) is 1. The number of nitrogens with one attached hydrogen (secondary N) is 2. The van der Waals surface area contributed by atoms with Gasteiger partial charge in [0.15, 0.2) is 0 Å². The van der Waals surface area contributed by atoms with Gasteiger partial charge in [0.1, 0.15) is 13.1 Å². The number of amides is 2. The van der Waals surface area contributed by atoms with Gasteiger partial charge in [-0.3, -0.25) is 14.4 Å². The first-order valence-electron chi connectivity index (χ1n) is 11.1. The van der Waals surface area contributed by atoms with Gasteiger partial charge in [0, 0.05) is 47.3 Å². The van der Waals surface area contributed by atoms with Crippen molar-refractivity contribution >= 4 is 68.6 Å². The van der Waals surface area contributed by atoms with Crippen LogP contribution in [0.4, 0.5) is 13.2 Å². The highest BCUT2D eigenvalue weighted by Crippen LogP contribution is 2.30. The zero-order chi connectivity index (χ0) is 29.1. The van der Waals surface area contributed by atoms with Gasteiger partial charge in [0.2, 0.25) is 11.8 Å². The molecule has 4 aromatic rings. The Bertz CT molecular complexity index is 1590. The number of fused-ring (bicyclic) bond motifs is 2. The van der Waals surface area contributed by atoms with Gasteiger partial charge in [-0.2, -0.15) is 13.2 Å². The van der Waals surface area contributed by atoms with Crippen LogP contribution in [-0.2, 0) is 22.7 Å². The van der Waals surface area contributed by atoms with Crippen molar-refractivity contribution in [2.45, 2.75) is 19.3 Å². The van der Waals surface area contributed by atoms with Crippen molar-refractivity contribution in [2.75, 3.05) is 14.1 Å². The Morgan fingerprint density at radius 1 is 0.795 bits per heavy atom. The van der Waals surface area contributed by atoms with Crippen molar-refractivity contribution in [3.05, 3.63) is 70.0 Å². The summed E-state index contributed by atoms with van der Waals surface area (Å²) in [7, 11) is 2.93. The number of alkyl halides is 3. The van der Waals surface area contributed by atoms with Crippen LogP contribution in [0.25, 0.3) is 21.8 Å². The minimum absolute atomic E-state index is 0.0562. The Labute approximate surface area is 229 Å². The number of carboxylic acids is 1. The molecule has 4 rings (SSSR count). The molecule has 2 heterocycles. The standard InChI is InChI=1S/C13H10ClF3N2O2.C12H11ClN2O3/c1-18-11(20)6-19-5-9(12(21)13(15,16)17)8-3-2-7(14)4-10(8)19;1-14-11(16)6-15-5-9(12(17)18)8-3-2-7(13)4-10(8)15/h2-5H,6H2,1H3,(H,18,20);2-5H,6H2,1H3,(H,14,16)(H,17,18). The molecule has 0 bridgehead atoms. The number of rotatable bonds is 6. The van der Waals surface area contributed by atoms with E-state index in [-0.39, 0.29) is 29.9 Å². The zero-order valence-electron chi connectivity index (χ0n) is 20.4. The van der Waals surface area contributed by atoms with Crippen LogP contribution in [-0.4, -0.2) is 58.1 Å². The van der Waals surface area contributed by atoms with Gasteiger partial charge in [-0.15, -0.1) is 0 Å². The van der Waals surface area contributed by atoms with Crippen molar-refractivity contribution < 1.29 is 37.5 Å². The number of carbonyl (C=O) groups is 4. The van der Waals surface area contributed by atoms with Crippen molar-refractivity contribution in [3.8, 4) is 0 Å². The zero-order valence-corrected chi connectivity index (χ0v) is 21.9. The molecule has 14 heteroatoms. The molecule has 2 aromatic heterocycles. The highest BCUT2D eigenvalue weighted by Gasteiger charge is 2.40. The molecule has 3 N–H and O–H groups in total. The van der Waals surface area contributed by atoms with Crippen LogP contribution in [0.3, 0.4) is 0 Å². The van der Waals surface area contributed by atoms with E-state index in [0.29, 0.717) is 26.5 Å². The van der Waals surface area contributed by atoms with Crippen LogP contribution >= 0.6 is 23.2 Å². The van der Waals surface area contributed by atoms with Gasteiger partial charge in [0.05, 0.1) is 22.2 Å². The SMILES string of the molecule is CNC(=O)Cn1cc(C(=O)C(F)(F)F)c2ccc(Cl)cc21.CNC(=O)Cn1cc(C(=O)O)c2ccc(Cl)cc21. The topological polar surface area (TPSA) is 122 Å². The van der Waals surface area contributed by atoms with E-state index in [4.69, 9.17) is 28.3 Å². The fourth-order valence-electron chi connectivity index (χ4n) is 3.76. The van der Waals surface area contributed by atoms with Gasteiger partial charge >= 0.3 is 12.1 Å². The summed E-state index contributed by atoms with van der Waals surface area (Å²) in [6, 6.07) is 9.04. The van der Waals surface area contributed by atoms with Crippen molar-refractivity contribution in [1.29, 1.82) is 0 Å². The summed E-state index contributed by atoms with van der Waals surface area (Å²) in [6.07, 6.45) is -2.52. The lowest BCUT2D eigenvalue weighted by Gasteiger charge is -2.03. The molecule has 0 aliphatic carbocycles. The summed E-state index contributed by atoms with van der Waals surface area (Å²) in [5.74, 6) is -3.59. The second-order valence-electron chi connectivity index (χ2n) is 8.14. The first-order chi connectivity index (χ1) is 18.3. The molecule has 0 saturated carbocycles. The molecule has 2 amide bonds. The highest BCUT2D eigenvalue weighted by atomic mass is 35.5. The predicted octanol–water partition coefficient (Wildman–Crippen LogP) is 4.52. The molecule has 0 saturated heterocycles. The van der Waals surface area contributed by atoms with Gasteiger partial charge in [-0.25, -0.2) is 4.79 Å². The summed E-state index contributed by atoms with van der Waals surface area (Å²) in [5.41, 5.74) is 0.575. The molecule has 0 aliphatic heterocycles. The van der Waals surface area contributed by atoms with Crippen molar-refractivity contribution in [1.82, 2.24) is 19.8 Å². The number of aromatic carboxylic acids is 1. The third kappa shape index (κ3) is 6.70. The molecular weight excluding hydrogens is 564 g/mol. The molecule has 206 valence electrons. The molecule has 0 fully saturated rings. The fraction of sp³-hybridized carbons (Fsp3) is 0.200. The van der Waals surface area contributed by atoms with Crippen LogP contribution in [0, 0.1) is 0 Å². The molecule has 2 aromatic carbocycles. The van der Waals surface area contributed by atoms with E-state index in [2.05, 4.69) is 10.6 Å². The largest absolute Gasteiger partial charge is 0.478 e. The third-order valence-corrected chi connectivity index (χ3v) is 6.08. The van der Waals surface area contributed by atoms with E-state index in [1.165, 1.54) is 43.1 Å². The molecule has 39 heavy (non-hydrogen) atoms. The monoisotopic (exact) mass is 584 g/mol. The normalized spacial score (nSPS) is 11.2. The average molecular weight is 585 g/mol. The lowest BCUT2D eigenvalue weighted by atomic mass is 10.1. The van der Waals surface area contributed by atoms with Crippen LogP contribution in [0.15, 0.2) is 48.8 Å². The number of hydrogen-bond acceptors (Lipinski definition) is 4. The van der Waals surface area contributed by atoms with E-state index in [9.17, 15) is 32.3 Å². The summed E-state index contributed by atoms with van der Waals surface area (Å²) < 4.78 is 40.7. The van der Waals surface area contributed by atoms with E-state index in [0.717, 1.165) is 6.20 Å². The van der Waals surface area contributed by atoms with Crippen molar-refractivity contribution in [2.24, 2.45) is 0 Å². The summed E-state index contributed by atoms with van der Waals surface area (Å²) in [4.78, 5) is 45.4. The lowest BCUT2D eigenvalue weighted by Crippen LogP contribution is -2.24. The minimum atomic E-state index is -4.98. The average Bonchev–Trinajstić information content (AvgIpc) is 3.40. The Morgan fingerprint density at radius 2 is 1.21 bits per heavy atom. The van der Waals surface area contributed by atoms with E-state index < -0.39 is 29.4 Å². The molecule has 0 aliphatic rings. The minimum Gasteiger partial charge on any atom is -0.478 e. The third-order valence-electron chi connectivity index (χ3n) is 5.61. The van der Waals surface area contributed by atoms with E-state index >= 15 is 0 Å². The molecule has 0 spiro atoms. The number of nitrogens with zero attached hydrogens (tertiary/aromatic N) is 2. The number of carboxylic acid groups (broad SMARTS) is 1. The summed E-state index contributed by atoms with van der Waals surface area (Å²) in [6.45, 7) is -0.154. The maximum absolute atomic E-state index is 12.6. The summed E-state index contributed by atoms with van der Waals surface area (Å²) in [5, 5.41) is 15.4. The van der Waals surface area contributed by atoms with Crippen LogP contribution in [0.5, 0.6) is 0 Å². The van der Waals surface area contributed by atoms with Gasteiger partial charge in [-0.05, 0) is 24.3 Å². The smallest absolute Gasteiger partial charge is 0.454 e. The first kappa shape index (κ1) is 29.5. The Morgan fingerprint density at radius 3 is 1.59 bits per heavy atom. The predicted molar refractivity (Wildman–Crippen MR) is 139 cm³/mol. The summed E-state index contributed by atoms with van der Waals surface area (Å²) >= 11 is 11.7. The quantitative estimate of drug-likeness (QED) is 0.287. The van der Waals surface area contributed by atoms with E-state index in [1.54, 1.807) is 22.8 Å².